The van der Waals surface area contributed by atoms with Gasteiger partial charge in [-0.15, -0.1) is 0 Å². The molecule has 1 aliphatic rings. The number of nitrogens with zero attached hydrogens (tertiary/aromatic N) is 4. The third-order valence-electron chi connectivity index (χ3n) is 4.83. The van der Waals surface area contributed by atoms with Gasteiger partial charge in [0.2, 0.25) is 5.91 Å². The highest BCUT2D eigenvalue weighted by Gasteiger charge is 2.41. The molecule has 0 saturated heterocycles. The van der Waals surface area contributed by atoms with Crippen molar-refractivity contribution in [2.75, 3.05) is 0 Å². The molecule has 148 valence electrons. The number of carbonyl (C=O) groups excluding carboxylic acids is 1. The van der Waals surface area contributed by atoms with Crippen molar-refractivity contribution in [2.24, 2.45) is 7.05 Å². The van der Waals surface area contributed by atoms with Gasteiger partial charge in [0.05, 0.1) is 29.0 Å². The van der Waals surface area contributed by atoms with E-state index < -0.39 is 11.9 Å². The molecule has 0 bridgehead atoms. The van der Waals surface area contributed by atoms with Gasteiger partial charge in [0.15, 0.2) is 5.69 Å². The minimum Gasteiger partial charge on any atom is -0.349 e. The van der Waals surface area contributed by atoms with E-state index in [-0.39, 0.29) is 35.3 Å². The SMILES string of the molecule is Cc1c(C(C)NC(=O)CCn2nc(C(F)(F)F)c(Br)c2C2CC2)cnn1C. The molecule has 1 atom stereocenters. The van der Waals surface area contributed by atoms with E-state index in [2.05, 4.69) is 31.4 Å². The molecule has 1 N–H and O–H groups in total. The third kappa shape index (κ3) is 4.20. The third-order valence-corrected chi connectivity index (χ3v) is 5.61. The van der Waals surface area contributed by atoms with Crippen LogP contribution in [0, 0.1) is 6.92 Å². The Balaban J connectivity index is 1.67. The highest BCUT2D eigenvalue weighted by atomic mass is 79.9. The topological polar surface area (TPSA) is 64.7 Å². The maximum atomic E-state index is 13.1. The molecule has 3 rings (SSSR count). The van der Waals surface area contributed by atoms with Gasteiger partial charge in [0, 0.05) is 30.6 Å². The van der Waals surface area contributed by atoms with E-state index in [0.29, 0.717) is 5.69 Å². The molecule has 6 nitrogen and oxygen atoms in total. The van der Waals surface area contributed by atoms with E-state index in [4.69, 9.17) is 0 Å². The van der Waals surface area contributed by atoms with E-state index >= 15 is 0 Å². The molecular weight excluding hydrogens is 427 g/mol. The van der Waals surface area contributed by atoms with Crippen molar-refractivity contribution in [1.29, 1.82) is 0 Å². The van der Waals surface area contributed by atoms with Crippen molar-refractivity contribution in [3.8, 4) is 0 Å². The van der Waals surface area contributed by atoms with Gasteiger partial charge in [0.25, 0.3) is 0 Å². The molecule has 2 aromatic rings. The van der Waals surface area contributed by atoms with E-state index in [0.717, 1.165) is 24.1 Å². The van der Waals surface area contributed by atoms with Gasteiger partial charge in [0.1, 0.15) is 0 Å². The number of hydrogen-bond acceptors (Lipinski definition) is 3. The number of aromatic nitrogens is 4. The fourth-order valence-electron chi connectivity index (χ4n) is 3.09. The molecule has 2 aromatic heterocycles. The molecule has 1 amide bonds. The molecule has 27 heavy (non-hydrogen) atoms. The number of nitrogens with one attached hydrogen (secondary N) is 1. The Morgan fingerprint density at radius 3 is 2.63 bits per heavy atom. The van der Waals surface area contributed by atoms with Gasteiger partial charge >= 0.3 is 6.18 Å². The Morgan fingerprint density at radius 1 is 1.44 bits per heavy atom. The van der Waals surface area contributed by atoms with E-state index in [1.807, 2.05) is 20.9 Å². The van der Waals surface area contributed by atoms with Gasteiger partial charge in [-0.05, 0) is 42.6 Å². The summed E-state index contributed by atoms with van der Waals surface area (Å²) in [6, 6.07) is -0.232. The van der Waals surface area contributed by atoms with Crippen molar-refractivity contribution in [3.63, 3.8) is 0 Å². The standard InChI is InChI=1S/C17H21BrF3N5O/c1-9(12-8-22-25(3)10(12)2)23-13(27)6-7-26-15(11-4-5-11)14(18)16(24-26)17(19,20)21/h8-9,11H,4-7H2,1-3H3,(H,23,27). The number of rotatable bonds is 6. The molecule has 1 aliphatic carbocycles. The second-order valence-corrected chi connectivity index (χ2v) is 7.68. The molecular formula is C17H21BrF3N5O. The van der Waals surface area contributed by atoms with Crippen molar-refractivity contribution in [1.82, 2.24) is 24.9 Å². The minimum atomic E-state index is -4.53. The monoisotopic (exact) mass is 447 g/mol. The number of alkyl halides is 3. The van der Waals surface area contributed by atoms with Crippen LogP contribution in [0.4, 0.5) is 13.2 Å². The molecule has 0 aromatic carbocycles. The van der Waals surface area contributed by atoms with Crippen molar-refractivity contribution in [3.05, 3.63) is 33.3 Å². The lowest BCUT2D eigenvalue weighted by Gasteiger charge is -2.14. The Labute approximate surface area is 163 Å². The average molecular weight is 448 g/mol. The predicted molar refractivity (Wildman–Crippen MR) is 96.0 cm³/mol. The van der Waals surface area contributed by atoms with Crippen LogP contribution in [-0.2, 0) is 24.6 Å². The molecule has 0 aliphatic heterocycles. The van der Waals surface area contributed by atoms with Gasteiger partial charge in [-0.1, -0.05) is 0 Å². The lowest BCUT2D eigenvalue weighted by atomic mass is 10.1. The zero-order chi connectivity index (χ0) is 19.9. The molecule has 1 saturated carbocycles. The maximum absolute atomic E-state index is 13.1. The van der Waals surface area contributed by atoms with Crippen LogP contribution in [-0.4, -0.2) is 25.5 Å². The fraction of sp³-hybridized carbons (Fsp3) is 0.588. The van der Waals surface area contributed by atoms with E-state index in [1.165, 1.54) is 4.68 Å². The number of carbonyl (C=O) groups is 1. The molecule has 2 heterocycles. The van der Waals surface area contributed by atoms with Crippen LogP contribution in [0.2, 0.25) is 0 Å². The van der Waals surface area contributed by atoms with Crippen LogP contribution in [0.15, 0.2) is 10.7 Å². The van der Waals surface area contributed by atoms with Crippen molar-refractivity contribution < 1.29 is 18.0 Å². The lowest BCUT2D eigenvalue weighted by molar-refractivity contribution is -0.142. The quantitative estimate of drug-likeness (QED) is 0.731. The van der Waals surface area contributed by atoms with Crippen LogP contribution in [0.25, 0.3) is 0 Å². The zero-order valence-corrected chi connectivity index (χ0v) is 16.9. The van der Waals surface area contributed by atoms with Crippen LogP contribution >= 0.6 is 15.9 Å². The van der Waals surface area contributed by atoms with Gasteiger partial charge in [-0.2, -0.15) is 23.4 Å². The first kappa shape index (κ1) is 19.9. The summed E-state index contributed by atoms with van der Waals surface area (Å²) in [5.74, 6) is -0.171. The predicted octanol–water partition coefficient (Wildman–Crippen LogP) is 3.85. The van der Waals surface area contributed by atoms with Crippen LogP contribution < -0.4 is 5.32 Å². The first-order valence-corrected chi connectivity index (χ1v) is 9.50. The molecule has 10 heteroatoms. The van der Waals surface area contributed by atoms with Crippen LogP contribution in [0.3, 0.4) is 0 Å². The smallest absolute Gasteiger partial charge is 0.349 e. The van der Waals surface area contributed by atoms with Crippen LogP contribution in [0.1, 0.15) is 60.8 Å². The molecule has 1 fully saturated rings. The summed E-state index contributed by atoms with van der Waals surface area (Å²) >= 11 is 3.05. The summed E-state index contributed by atoms with van der Waals surface area (Å²) in [6.07, 6.45) is -1.10. The zero-order valence-electron chi connectivity index (χ0n) is 15.3. The number of hydrogen-bond donors (Lipinski definition) is 1. The largest absolute Gasteiger partial charge is 0.436 e. The highest BCUT2D eigenvalue weighted by Crippen LogP contribution is 2.47. The summed E-state index contributed by atoms with van der Waals surface area (Å²) in [5.41, 5.74) is 1.46. The summed E-state index contributed by atoms with van der Waals surface area (Å²) in [6.45, 7) is 3.86. The highest BCUT2D eigenvalue weighted by molar-refractivity contribution is 9.10. The summed E-state index contributed by atoms with van der Waals surface area (Å²) in [7, 11) is 1.82. The van der Waals surface area contributed by atoms with E-state index in [9.17, 15) is 18.0 Å². The van der Waals surface area contributed by atoms with E-state index in [1.54, 1.807) is 10.9 Å². The first-order chi connectivity index (χ1) is 12.6. The van der Waals surface area contributed by atoms with Gasteiger partial charge in [-0.3, -0.25) is 14.2 Å². The Bertz CT molecular complexity index is 854. The van der Waals surface area contributed by atoms with Crippen molar-refractivity contribution >= 4 is 21.8 Å². The average Bonchev–Trinajstić information content (AvgIpc) is 3.26. The number of aryl methyl sites for hydroxylation is 2. The van der Waals surface area contributed by atoms with Gasteiger partial charge < -0.3 is 5.32 Å². The molecule has 1 unspecified atom stereocenters. The van der Waals surface area contributed by atoms with Crippen molar-refractivity contribution in [2.45, 2.75) is 57.8 Å². The summed E-state index contributed by atoms with van der Waals surface area (Å²) in [4.78, 5) is 12.3. The first-order valence-electron chi connectivity index (χ1n) is 8.70. The molecule has 0 radical (unpaired) electrons. The summed E-state index contributed by atoms with van der Waals surface area (Å²) < 4.78 is 42.4. The Morgan fingerprint density at radius 2 is 2.11 bits per heavy atom. The molecule has 0 spiro atoms. The fourth-order valence-corrected chi connectivity index (χ4v) is 3.92. The summed E-state index contributed by atoms with van der Waals surface area (Å²) in [5, 5.41) is 10.7. The maximum Gasteiger partial charge on any atom is 0.436 e. The Kier molecular flexibility index (Phi) is 5.38. The minimum absolute atomic E-state index is 0.00254. The van der Waals surface area contributed by atoms with Crippen LogP contribution in [0.5, 0.6) is 0 Å². The van der Waals surface area contributed by atoms with Gasteiger partial charge in [-0.25, -0.2) is 0 Å². The number of amides is 1. The normalized spacial score (nSPS) is 15.8. The lowest BCUT2D eigenvalue weighted by Crippen LogP contribution is -2.28. The number of halogens is 4. The second-order valence-electron chi connectivity index (χ2n) is 6.89. The second kappa shape index (κ2) is 7.29. The Hall–Kier alpha value is -1.84.